The van der Waals surface area contributed by atoms with Crippen molar-refractivity contribution in [1.29, 1.82) is 0 Å². The molecule has 1 N–H and O–H groups in total. The maximum absolute atomic E-state index is 11.6. The van der Waals surface area contributed by atoms with Gasteiger partial charge < -0.3 is 14.4 Å². The molecule has 0 radical (unpaired) electrons. The highest BCUT2D eigenvalue weighted by Gasteiger charge is 2.05. The molecule has 6 heteroatoms. The minimum Gasteiger partial charge on any atom is -0.494 e. The number of carbonyl (C=O) groups is 1. The zero-order valence-corrected chi connectivity index (χ0v) is 13.7. The lowest BCUT2D eigenvalue weighted by Crippen LogP contribution is -2.28. The summed E-state index contributed by atoms with van der Waals surface area (Å²) in [5.74, 6) is 0.730. The van der Waals surface area contributed by atoms with Gasteiger partial charge in [0, 0.05) is 18.3 Å². The topological polar surface area (TPSA) is 50.8 Å². The number of amides is 1. The Balaban J connectivity index is 0.00000400. The van der Waals surface area contributed by atoms with E-state index in [1.54, 1.807) is 12.1 Å². The minimum absolute atomic E-state index is 0. The Morgan fingerprint density at radius 3 is 2.57 bits per heavy atom. The first-order valence-electron chi connectivity index (χ1n) is 7.08. The highest BCUT2D eigenvalue weighted by Crippen LogP contribution is 2.17. The van der Waals surface area contributed by atoms with Gasteiger partial charge in [0.1, 0.15) is 12.4 Å². The molecule has 0 aliphatic heterocycles. The zero-order chi connectivity index (χ0) is 14.8. The molecule has 120 valence electrons. The predicted molar refractivity (Wildman–Crippen MR) is 87.6 cm³/mol. The Morgan fingerprint density at radius 1 is 1.24 bits per heavy atom. The van der Waals surface area contributed by atoms with Crippen LogP contribution in [-0.4, -0.2) is 43.8 Å². The van der Waals surface area contributed by atoms with Crippen molar-refractivity contribution < 1.29 is 14.3 Å². The summed E-state index contributed by atoms with van der Waals surface area (Å²) < 4.78 is 10.5. The molecule has 5 nitrogen and oxygen atoms in total. The van der Waals surface area contributed by atoms with Gasteiger partial charge in [-0.05, 0) is 32.1 Å². The molecule has 0 spiro atoms. The lowest BCUT2D eigenvalue weighted by atomic mass is 10.3. The SMILES string of the molecule is CCOc1cccc(NC(=O)OCCN(CC)CC)c1.Cl. The summed E-state index contributed by atoms with van der Waals surface area (Å²) in [5.41, 5.74) is 0.670. The van der Waals surface area contributed by atoms with Crippen LogP contribution >= 0.6 is 12.4 Å². The molecule has 0 aliphatic rings. The number of hydrogen-bond donors (Lipinski definition) is 1. The highest BCUT2D eigenvalue weighted by atomic mass is 35.5. The van der Waals surface area contributed by atoms with E-state index in [9.17, 15) is 4.79 Å². The van der Waals surface area contributed by atoms with Gasteiger partial charge in [-0.3, -0.25) is 5.32 Å². The molecule has 21 heavy (non-hydrogen) atoms. The van der Waals surface area contributed by atoms with Gasteiger partial charge in [0.05, 0.1) is 6.61 Å². The summed E-state index contributed by atoms with van der Waals surface area (Å²) in [7, 11) is 0. The van der Waals surface area contributed by atoms with E-state index in [1.165, 1.54) is 0 Å². The summed E-state index contributed by atoms with van der Waals surface area (Å²) in [6, 6.07) is 7.25. The van der Waals surface area contributed by atoms with E-state index in [1.807, 2.05) is 19.1 Å². The first-order valence-corrected chi connectivity index (χ1v) is 7.08. The quantitative estimate of drug-likeness (QED) is 0.798. The smallest absolute Gasteiger partial charge is 0.411 e. The zero-order valence-electron chi connectivity index (χ0n) is 12.9. The lowest BCUT2D eigenvalue weighted by molar-refractivity contribution is 0.142. The van der Waals surface area contributed by atoms with Gasteiger partial charge in [0.15, 0.2) is 0 Å². The van der Waals surface area contributed by atoms with Crippen LogP contribution < -0.4 is 10.1 Å². The second kappa shape index (κ2) is 11.2. The molecule has 0 heterocycles. The number of carbonyl (C=O) groups excluding carboxylic acids is 1. The molecule has 0 saturated heterocycles. The van der Waals surface area contributed by atoms with Gasteiger partial charge in [-0.2, -0.15) is 0 Å². The van der Waals surface area contributed by atoms with E-state index in [4.69, 9.17) is 9.47 Å². The highest BCUT2D eigenvalue weighted by molar-refractivity contribution is 5.85. The van der Waals surface area contributed by atoms with Gasteiger partial charge >= 0.3 is 6.09 Å². The Labute approximate surface area is 133 Å². The fraction of sp³-hybridized carbons (Fsp3) is 0.533. The molecule has 1 amide bonds. The normalized spacial score (nSPS) is 9.90. The van der Waals surface area contributed by atoms with Gasteiger partial charge in [-0.15, -0.1) is 12.4 Å². The fourth-order valence-electron chi connectivity index (χ4n) is 1.79. The van der Waals surface area contributed by atoms with Crippen LogP contribution in [0.15, 0.2) is 24.3 Å². The summed E-state index contributed by atoms with van der Waals surface area (Å²) in [6.45, 7) is 9.73. The maximum Gasteiger partial charge on any atom is 0.411 e. The van der Waals surface area contributed by atoms with Gasteiger partial charge in [0.2, 0.25) is 0 Å². The number of nitrogens with one attached hydrogen (secondary N) is 1. The van der Waals surface area contributed by atoms with Crippen LogP contribution in [-0.2, 0) is 4.74 Å². The number of likely N-dealkylation sites (N-methyl/N-ethyl adjacent to an activating group) is 1. The fourth-order valence-corrected chi connectivity index (χ4v) is 1.79. The number of hydrogen-bond acceptors (Lipinski definition) is 4. The molecule has 0 aromatic heterocycles. The molecule has 1 aromatic rings. The first kappa shape index (κ1) is 19.5. The molecule has 0 unspecified atom stereocenters. The van der Waals surface area contributed by atoms with E-state index in [0.29, 0.717) is 18.9 Å². The van der Waals surface area contributed by atoms with Crippen molar-refractivity contribution in [2.75, 3.05) is 38.2 Å². The number of rotatable bonds is 8. The molecular weight excluding hydrogens is 292 g/mol. The van der Waals surface area contributed by atoms with Crippen LogP contribution in [0.4, 0.5) is 10.5 Å². The second-order valence-corrected chi connectivity index (χ2v) is 4.25. The van der Waals surface area contributed by atoms with Gasteiger partial charge in [0.25, 0.3) is 0 Å². The van der Waals surface area contributed by atoms with Crippen molar-refractivity contribution in [2.45, 2.75) is 20.8 Å². The lowest BCUT2D eigenvalue weighted by Gasteiger charge is -2.17. The Morgan fingerprint density at radius 2 is 1.95 bits per heavy atom. The third-order valence-corrected chi connectivity index (χ3v) is 2.93. The largest absolute Gasteiger partial charge is 0.494 e. The molecule has 0 aliphatic carbocycles. The number of halogens is 1. The van der Waals surface area contributed by atoms with E-state index in [0.717, 1.165) is 25.4 Å². The molecule has 1 rings (SSSR count). The van der Waals surface area contributed by atoms with Crippen molar-refractivity contribution in [3.05, 3.63) is 24.3 Å². The van der Waals surface area contributed by atoms with E-state index in [-0.39, 0.29) is 12.4 Å². The Bertz CT molecular complexity index is 412. The summed E-state index contributed by atoms with van der Waals surface area (Å²) in [6.07, 6.45) is -0.439. The van der Waals surface area contributed by atoms with Crippen LogP contribution in [0.5, 0.6) is 5.75 Å². The van der Waals surface area contributed by atoms with Crippen LogP contribution in [0.1, 0.15) is 20.8 Å². The average molecular weight is 317 g/mol. The van der Waals surface area contributed by atoms with Crippen molar-refractivity contribution in [3.8, 4) is 5.75 Å². The minimum atomic E-state index is -0.439. The van der Waals surface area contributed by atoms with Crippen molar-refractivity contribution in [1.82, 2.24) is 4.90 Å². The monoisotopic (exact) mass is 316 g/mol. The maximum atomic E-state index is 11.6. The number of anilines is 1. The predicted octanol–water partition coefficient (Wildman–Crippen LogP) is 3.40. The van der Waals surface area contributed by atoms with Crippen LogP contribution in [0.2, 0.25) is 0 Å². The Hall–Kier alpha value is -1.46. The van der Waals surface area contributed by atoms with Crippen molar-refractivity contribution in [2.24, 2.45) is 0 Å². The molecule has 0 saturated carbocycles. The van der Waals surface area contributed by atoms with Gasteiger partial charge in [-0.25, -0.2) is 4.79 Å². The third kappa shape index (κ3) is 7.78. The van der Waals surface area contributed by atoms with Crippen LogP contribution in [0.25, 0.3) is 0 Å². The summed E-state index contributed by atoms with van der Waals surface area (Å²) in [5, 5.41) is 2.69. The third-order valence-electron chi connectivity index (χ3n) is 2.93. The van der Waals surface area contributed by atoms with Gasteiger partial charge in [-0.1, -0.05) is 19.9 Å². The standard InChI is InChI=1S/C15H24N2O3.ClH/c1-4-17(5-2)10-11-20-15(18)16-13-8-7-9-14(12-13)19-6-3;/h7-9,12H,4-6,10-11H2,1-3H3,(H,16,18);1H. The first-order chi connectivity index (χ1) is 9.69. The summed E-state index contributed by atoms with van der Waals surface area (Å²) >= 11 is 0. The van der Waals surface area contributed by atoms with Crippen LogP contribution in [0, 0.1) is 0 Å². The molecular formula is C15H25ClN2O3. The van der Waals surface area contributed by atoms with Crippen LogP contribution in [0.3, 0.4) is 0 Å². The molecule has 0 bridgehead atoms. The Kier molecular flexibility index (Phi) is 10.4. The molecule has 1 aromatic carbocycles. The number of benzene rings is 1. The molecule has 0 atom stereocenters. The number of nitrogens with zero attached hydrogens (tertiary/aromatic N) is 1. The van der Waals surface area contributed by atoms with E-state index >= 15 is 0 Å². The second-order valence-electron chi connectivity index (χ2n) is 4.25. The summed E-state index contributed by atoms with van der Waals surface area (Å²) in [4.78, 5) is 13.8. The van der Waals surface area contributed by atoms with Crippen molar-refractivity contribution >= 4 is 24.2 Å². The van der Waals surface area contributed by atoms with Crippen molar-refractivity contribution in [3.63, 3.8) is 0 Å². The number of ether oxygens (including phenoxy) is 2. The van der Waals surface area contributed by atoms with E-state index < -0.39 is 6.09 Å². The average Bonchev–Trinajstić information content (AvgIpc) is 2.44. The van der Waals surface area contributed by atoms with E-state index in [2.05, 4.69) is 24.1 Å². The molecule has 0 fully saturated rings.